The molecule has 3 nitrogen and oxygen atoms in total. The van der Waals surface area contributed by atoms with Crippen molar-refractivity contribution in [2.45, 2.75) is 51.0 Å². The molecule has 2 aliphatic carbocycles. The summed E-state index contributed by atoms with van der Waals surface area (Å²) in [4.78, 5) is 23.1. The maximum atomic E-state index is 11.8. The topological polar surface area (TPSA) is 54.4 Å². The molecule has 0 heterocycles. The van der Waals surface area contributed by atoms with Crippen molar-refractivity contribution in [3.05, 3.63) is 0 Å². The minimum absolute atomic E-state index is 0.0969. The fourth-order valence-corrected chi connectivity index (χ4v) is 2.81. The Morgan fingerprint density at radius 1 is 1.21 bits per heavy atom. The average molecular weight is 196 g/mol. The van der Waals surface area contributed by atoms with E-state index in [0.717, 1.165) is 6.42 Å². The first-order chi connectivity index (χ1) is 6.48. The Bertz CT molecular complexity index is 297. The lowest BCUT2D eigenvalue weighted by Crippen LogP contribution is -2.57. The summed E-state index contributed by atoms with van der Waals surface area (Å²) in [5.74, 6) is 0.235. The van der Waals surface area contributed by atoms with E-state index in [9.17, 15) is 14.7 Å². The summed E-state index contributed by atoms with van der Waals surface area (Å²) in [5, 5.41) is 10.3. The summed E-state index contributed by atoms with van der Waals surface area (Å²) in [7, 11) is 0. The van der Waals surface area contributed by atoms with Gasteiger partial charge in [-0.15, -0.1) is 0 Å². The smallest absolute Gasteiger partial charge is 0.141 e. The van der Waals surface area contributed by atoms with Gasteiger partial charge >= 0.3 is 0 Å². The van der Waals surface area contributed by atoms with Gasteiger partial charge < -0.3 is 5.11 Å². The van der Waals surface area contributed by atoms with Crippen LogP contribution in [0, 0.1) is 5.41 Å². The van der Waals surface area contributed by atoms with Crippen molar-refractivity contribution in [3.8, 4) is 0 Å². The minimum atomic E-state index is -1.04. The number of hydrogen-bond acceptors (Lipinski definition) is 3. The lowest BCUT2D eigenvalue weighted by Gasteiger charge is -2.49. The molecule has 0 unspecified atom stereocenters. The molecular formula is C11H16O3. The Hall–Kier alpha value is -0.700. The Labute approximate surface area is 83.5 Å². The van der Waals surface area contributed by atoms with E-state index in [1.165, 1.54) is 0 Å². The van der Waals surface area contributed by atoms with Crippen LogP contribution in [-0.2, 0) is 9.59 Å². The van der Waals surface area contributed by atoms with E-state index < -0.39 is 11.0 Å². The second kappa shape index (κ2) is 2.89. The van der Waals surface area contributed by atoms with Crippen LogP contribution in [0.2, 0.25) is 0 Å². The highest BCUT2D eigenvalue weighted by atomic mass is 16.3. The molecule has 78 valence electrons. The lowest BCUT2D eigenvalue weighted by molar-refractivity contribution is -0.168. The highest BCUT2D eigenvalue weighted by molar-refractivity contribution is 5.91. The Balaban J connectivity index is 2.36. The quantitative estimate of drug-likeness (QED) is 0.634. The first-order valence-electron chi connectivity index (χ1n) is 5.25. The summed E-state index contributed by atoms with van der Waals surface area (Å²) < 4.78 is 0. The average Bonchev–Trinajstić information content (AvgIpc) is 2.10. The van der Waals surface area contributed by atoms with Crippen LogP contribution in [-0.4, -0.2) is 22.3 Å². The van der Waals surface area contributed by atoms with Crippen LogP contribution in [0.4, 0.5) is 0 Å². The third kappa shape index (κ3) is 1.15. The molecule has 3 heteroatoms. The Kier molecular flexibility index (Phi) is 2.03. The van der Waals surface area contributed by atoms with Gasteiger partial charge in [0.25, 0.3) is 0 Å². The predicted molar refractivity (Wildman–Crippen MR) is 50.8 cm³/mol. The number of rotatable bonds is 0. The lowest BCUT2D eigenvalue weighted by atomic mass is 9.56. The van der Waals surface area contributed by atoms with Gasteiger partial charge in [-0.2, -0.15) is 0 Å². The molecule has 2 atom stereocenters. The van der Waals surface area contributed by atoms with Crippen molar-refractivity contribution in [2.75, 3.05) is 0 Å². The zero-order valence-corrected chi connectivity index (χ0v) is 8.51. The molecule has 2 saturated carbocycles. The van der Waals surface area contributed by atoms with Crippen LogP contribution in [0.5, 0.6) is 0 Å². The summed E-state index contributed by atoms with van der Waals surface area (Å²) in [6, 6.07) is 0. The molecule has 2 rings (SSSR count). The standard InChI is InChI=1S/C11H16O3/c1-10-6-4-8(12)7-11(10,14)5-2-3-9(10)13/h14H,2-7H2,1H3/t10-,11+/m1/s1. The number of carbonyl (C=O) groups is 2. The fraction of sp³-hybridized carbons (Fsp3) is 0.818. The predicted octanol–water partition coefficient (Wildman–Crippen LogP) is 1.23. The van der Waals surface area contributed by atoms with Crippen LogP contribution < -0.4 is 0 Å². The minimum Gasteiger partial charge on any atom is -0.388 e. The van der Waals surface area contributed by atoms with E-state index in [-0.39, 0.29) is 18.0 Å². The molecule has 14 heavy (non-hydrogen) atoms. The van der Waals surface area contributed by atoms with E-state index in [1.54, 1.807) is 0 Å². The Morgan fingerprint density at radius 3 is 2.64 bits per heavy atom. The van der Waals surface area contributed by atoms with Gasteiger partial charge in [0, 0.05) is 19.3 Å². The molecule has 0 aromatic heterocycles. The van der Waals surface area contributed by atoms with Crippen molar-refractivity contribution < 1.29 is 14.7 Å². The van der Waals surface area contributed by atoms with Crippen LogP contribution >= 0.6 is 0 Å². The summed E-state index contributed by atoms with van der Waals surface area (Å²) in [6.07, 6.45) is 3.03. The van der Waals surface area contributed by atoms with E-state index in [2.05, 4.69) is 0 Å². The maximum absolute atomic E-state index is 11.8. The van der Waals surface area contributed by atoms with Gasteiger partial charge in [-0.25, -0.2) is 0 Å². The summed E-state index contributed by atoms with van der Waals surface area (Å²) >= 11 is 0. The molecule has 2 fully saturated rings. The molecule has 1 N–H and O–H groups in total. The van der Waals surface area contributed by atoms with E-state index in [0.29, 0.717) is 25.7 Å². The van der Waals surface area contributed by atoms with Crippen molar-refractivity contribution in [1.82, 2.24) is 0 Å². The van der Waals surface area contributed by atoms with Gasteiger partial charge in [0.15, 0.2) is 0 Å². The van der Waals surface area contributed by atoms with Crippen LogP contribution in [0.3, 0.4) is 0 Å². The zero-order chi connectivity index (χ0) is 10.4. The monoisotopic (exact) mass is 196 g/mol. The van der Waals surface area contributed by atoms with Crippen molar-refractivity contribution in [1.29, 1.82) is 0 Å². The summed E-state index contributed by atoms with van der Waals surface area (Å²) in [6.45, 7) is 1.82. The largest absolute Gasteiger partial charge is 0.388 e. The second-order valence-corrected chi connectivity index (χ2v) is 4.86. The van der Waals surface area contributed by atoms with Gasteiger partial charge in [0.05, 0.1) is 11.0 Å². The number of aliphatic hydroxyl groups is 1. The third-order valence-electron chi connectivity index (χ3n) is 4.03. The van der Waals surface area contributed by atoms with Crippen molar-refractivity contribution in [3.63, 3.8) is 0 Å². The second-order valence-electron chi connectivity index (χ2n) is 4.86. The molecule has 0 spiro atoms. The van der Waals surface area contributed by atoms with Crippen molar-refractivity contribution in [2.24, 2.45) is 5.41 Å². The van der Waals surface area contributed by atoms with Crippen LogP contribution in [0.1, 0.15) is 45.4 Å². The van der Waals surface area contributed by atoms with Gasteiger partial charge in [-0.3, -0.25) is 9.59 Å². The maximum Gasteiger partial charge on any atom is 0.141 e. The number of fused-ring (bicyclic) bond motifs is 1. The molecule has 0 bridgehead atoms. The molecule has 0 aromatic carbocycles. The molecule has 0 amide bonds. The van der Waals surface area contributed by atoms with Gasteiger partial charge in [-0.1, -0.05) is 0 Å². The fourth-order valence-electron chi connectivity index (χ4n) is 2.81. The first kappa shape index (κ1) is 9.84. The Morgan fingerprint density at radius 2 is 1.93 bits per heavy atom. The molecule has 0 saturated heterocycles. The number of hydrogen-bond donors (Lipinski definition) is 1. The van der Waals surface area contributed by atoms with E-state index in [1.807, 2.05) is 6.92 Å². The molecule has 0 aliphatic heterocycles. The van der Waals surface area contributed by atoms with Crippen LogP contribution in [0.15, 0.2) is 0 Å². The molecule has 2 aliphatic rings. The zero-order valence-electron chi connectivity index (χ0n) is 8.51. The number of ketones is 2. The normalized spacial score (nSPS) is 43.6. The van der Waals surface area contributed by atoms with Crippen LogP contribution in [0.25, 0.3) is 0 Å². The molecule has 0 radical (unpaired) electrons. The summed E-state index contributed by atoms with van der Waals surface area (Å²) in [5.41, 5.74) is -1.70. The van der Waals surface area contributed by atoms with Gasteiger partial charge in [-0.05, 0) is 26.2 Å². The van der Waals surface area contributed by atoms with Crippen molar-refractivity contribution >= 4 is 11.6 Å². The van der Waals surface area contributed by atoms with Gasteiger partial charge in [0.1, 0.15) is 11.6 Å². The highest BCUT2D eigenvalue weighted by Gasteiger charge is 2.56. The van der Waals surface area contributed by atoms with Gasteiger partial charge in [0.2, 0.25) is 0 Å². The molecular weight excluding hydrogens is 180 g/mol. The van der Waals surface area contributed by atoms with E-state index in [4.69, 9.17) is 0 Å². The number of carbonyl (C=O) groups excluding carboxylic acids is 2. The first-order valence-corrected chi connectivity index (χ1v) is 5.25. The highest BCUT2D eigenvalue weighted by Crippen LogP contribution is 2.49. The molecule has 0 aromatic rings. The van der Waals surface area contributed by atoms with E-state index >= 15 is 0 Å². The third-order valence-corrected chi connectivity index (χ3v) is 4.03. The SMILES string of the molecule is C[C@]12CCC(=O)C[C@@]1(O)CCCC2=O. The number of Topliss-reactive ketones (excluding diaryl/α,β-unsaturated/α-hetero) is 2.